The van der Waals surface area contributed by atoms with E-state index in [0.717, 1.165) is 24.2 Å². The van der Waals surface area contributed by atoms with Crippen LogP contribution in [0.3, 0.4) is 0 Å². The smallest absolute Gasteiger partial charge is 0.258 e. The summed E-state index contributed by atoms with van der Waals surface area (Å²) in [6.07, 6.45) is 2.61. The highest BCUT2D eigenvalue weighted by Gasteiger charge is 2.39. The number of aryl methyl sites for hydroxylation is 1. The van der Waals surface area contributed by atoms with Crippen LogP contribution in [0.1, 0.15) is 24.8 Å². The van der Waals surface area contributed by atoms with Gasteiger partial charge in [0.15, 0.2) is 6.61 Å². The van der Waals surface area contributed by atoms with Crippen molar-refractivity contribution >= 4 is 11.8 Å². The maximum absolute atomic E-state index is 11.9. The summed E-state index contributed by atoms with van der Waals surface area (Å²) in [5.74, 6) is 0.700. The third-order valence-corrected chi connectivity index (χ3v) is 3.96. The minimum Gasteiger partial charge on any atom is -0.484 e. The summed E-state index contributed by atoms with van der Waals surface area (Å²) in [6, 6.07) is 7.93. The van der Waals surface area contributed by atoms with Crippen LogP contribution in [0.15, 0.2) is 24.3 Å². The molecule has 5 heteroatoms. The number of ether oxygens (including phenoxy) is 1. The van der Waals surface area contributed by atoms with Crippen molar-refractivity contribution in [2.75, 3.05) is 13.2 Å². The number of hydrogen-bond acceptors (Lipinski definition) is 3. The molecule has 1 aromatic rings. The van der Waals surface area contributed by atoms with Crippen molar-refractivity contribution in [1.82, 2.24) is 10.2 Å². The molecular weight excluding hydrogens is 268 g/mol. The predicted molar refractivity (Wildman–Crippen MR) is 78.0 cm³/mol. The van der Waals surface area contributed by atoms with E-state index in [1.165, 1.54) is 0 Å². The van der Waals surface area contributed by atoms with Crippen LogP contribution in [-0.4, -0.2) is 41.9 Å². The Balaban J connectivity index is 1.46. The number of amides is 2. The predicted octanol–water partition coefficient (Wildman–Crippen LogP) is 1.25. The summed E-state index contributed by atoms with van der Waals surface area (Å²) in [7, 11) is 0. The van der Waals surface area contributed by atoms with Crippen LogP contribution in [0.25, 0.3) is 0 Å². The van der Waals surface area contributed by atoms with Gasteiger partial charge in [0.1, 0.15) is 5.75 Å². The van der Waals surface area contributed by atoms with E-state index >= 15 is 0 Å². The van der Waals surface area contributed by atoms with Gasteiger partial charge in [0, 0.05) is 19.0 Å². The lowest BCUT2D eigenvalue weighted by Gasteiger charge is -2.16. The van der Waals surface area contributed by atoms with Gasteiger partial charge in [-0.05, 0) is 31.4 Å². The highest BCUT2D eigenvalue weighted by Crippen LogP contribution is 2.30. The average Bonchev–Trinajstić information content (AvgIpc) is 3.23. The Bertz CT molecular complexity index is 554. The first-order valence-electron chi connectivity index (χ1n) is 7.41. The molecule has 1 saturated heterocycles. The lowest BCUT2D eigenvalue weighted by molar-refractivity contribution is -0.128. The van der Waals surface area contributed by atoms with Gasteiger partial charge < -0.3 is 15.0 Å². The molecule has 3 rings (SSSR count). The lowest BCUT2D eigenvalue weighted by atomic mass is 10.2. The maximum Gasteiger partial charge on any atom is 0.258 e. The highest BCUT2D eigenvalue weighted by atomic mass is 16.5. The van der Waals surface area contributed by atoms with Crippen LogP contribution < -0.4 is 10.1 Å². The second-order valence-electron chi connectivity index (χ2n) is 5.80. The van der Waals surface area contributed by atoms with Crippen LogP contribution >= 0.6 is 0 Å². The Kier molecular flexibility index (Phi) is 3.82. The molecule has 1 unspecified atom stereocenters. The summed E-state index contributed by atoms with van der Waals surface area (Å²) < 4.78 is 5.51. The third-order valence-electron chi connectivity index (χ3n) is 3.96. The first kappa shape index (κ1) is 13.9. The van der Waals surface area contributed by atoms with Gasteiger partial charge >= 0.3 is 0 Å². The summed E-state index contributed by atoms with van der Waals surface area (Å²) in [6.45, 7) is 2.56. The van der Waals surface area contributed by atoms with Crippen molar-refractivity contribution in [1.29, 1.82) is 0 Å². The van der Waals surface area contributed by atoms with Crippen LogP contribution in [0.4, 0.5) is 0 Å². The number of nitrogens with one attached hydrogen (secondary N) is 1. The largest absolute Gasteiger partial charge is 0.484 e. The molecule has 1 atom stereocenters. The molecule has 2 amide bonds. The van der Waals surface area contributed by atoms with Crippen molar-refractivity contribution in [3.8, 4) is 5.75 Å². The maximum atomic E-state index is 11.9. The molecule has 2 aliphatic rings. The summed E-state index contributed by atoms with van der Waals surface area (Å²) >= 11 is 0. The molecule has 21 heavy (non-hydrogen) atoms. The van der Waals surface area contributed by atoms with Gasteiger partial charge in [0.25, 0.3) is 5.91 Å². The Morgan fingerprint density at radius 1 is 1.38 bits per heavy atom. The molecular formula is C16H20N2O3. The molecule has 5 nitrogen and oxygen atoms in total. The lowest BCUT2D eigenvalue weighted by Crippen LogP contribution is -2.40. The first-order valence-corrected chi connectivity index (χ1v) is 7.41. The number of nitrogens with zero attached hydrogens (tertiary/aromatic N) is 1. The van der Waals surface area contributed by atoms with E-state index in [4.69, 9.17) is 4.74 Å². The van der Waals surface area contributed by atoms with Crippen molar-refractivity contribution in [3.05, 3.63) is 29.8 Å². The summed E-state index contributed by atoms with van der Waals surface area (Å²) in [5, 5.41) is 2.89. The van der Waals surface area contributed by atoms with Crippen molar-refractivity contribution < 1.29 is 14.3 Å². The highest BCUT2D eigenvalue weighted by molar-refractivity contribution is 5.83. The molecule has 1 aromatic carbocycles. The van der Waals surface area contributed by atoms with E-state index in [9.17, 15) is 9.59 Å². The van der Waals surface area contributed by atoms with Gasteiger partial charge in [0.05, 0.1) is 6.04 Å². The quantitative estimate of drug-likeness (QED) is 0.887. The van der Waals surface area contributed by atoms with Crippen molar-refractivity contribution in [2.45, 2.75) is 38.3 Å². The van der Waals surface area contributed by atoms with Gasteiger partial charge in [-0.3, -0.25) is 9.59 Å². The van der Waals surface area contributed by atoms with E-state index in [1.807, 2.05) is 36.1 Å². The van der Waals surface area contributed by atoms with Crippen LogP contribution in [-0.2, 0) is 9.59 Å². The van der Waals surface area contributed by atoms with E-state index in [1.54, 1.807) is 0 Å². The fourth-order valence-corrected chi connectivity index (χ4v) is 2.70. The molecule has 0 aromatic heterocycles. The molecule has 112 valence electrons. The van der Waals surface area contributed by atoms with Gasteiger partial charge in [-0.25, -0.2) is 0 Å². The van der Waals surface area contributed by atoms with E-state index < -0.39 is 0 Å². The molecule has 1 aliphatic carbocycles. The van der Waals surface area contributed by atoms with Gasteiger partial charge in [-0.15, -0.1) is 0 Å². The zero-order valence-electron chi connectivity index (χ0n) is 12.2. The average molecular weight is 288 g/mol. The summed E-state index contributed by atoms with van der Waals surface area (Å²) in [4.78, 5) is 25.6. The van der Waals surface area contributed by atoms with Crippen molar-refractivity contribution in [3.63, 3.8) is 0 Å². The van der Waals surface area contributed by atoms with Crippen LogP contribution in [0.5, 0.6) is 5.75 Å². The zero-order chi connectivity index (χ0) is 14.8. The minimum absolute atomic E-state index is 0.0149. The molecule has 0 radical (unpaired) electrons. The molecule has 1 aliphatic heterocycles. The molecule has 1 saturated carbocycles. The third kappa shape index (κ3) is 3.35. The normalized spacial score (nSPS) is 21.5. The van der Waals surface area contributed by atoms with Gasteiger partial charge in [-0.2, -0.15) is 0 Å². The number of hydrogen-bond donors (Lipinski definition) is 1. The van der Waals surface area contributed by atoms with E-state index in [-0.39, 0.29) is 24.5 Å². The number of rotatable bonds is 5. The van der Waals surface area contributed by atoms with Crippen LogP contribution in [0, 0.1) is 6.92 Å². The second-order valence-corrected chi connectivity index (χ2v) is 5.80. The Morgan fingerprint density at radius 3 is 2.86 bits per heavy atom. The number of para-hydroxylation sites is 1. The first-order chi connectivity index (χ1) is 10.1. The fraction of sp³-hybridized carbons (Fsp3) is 0.500. The zero-order valence-corrected chi connectivity index (χ0v) is 12.2. The monoisotopic (exact) mass is 288 g/mol. The summed E-state index contributed by atoms with van der Waals surface area (Å²) in [5.41, 5.74) is 1.00. The second kappa shape index (κ2) is 5.76. The topological polar surface area (TPSA) is 58.6 Å². The van der Waals surface area contributed by atoms with Gasteiger partial charge in [0.2, 0.25) is 5.91 Å². The standard InChI is InChI=1S/C16H20N2O3/c1-11-4-2-3-5-14(11)21-10-15(19)17-12-8-16(20)18(9-12)13-6-7-13/h2-5,12-13H,6-10H2,1H3,(H,17,19). The number of likely N-dealkylation sites (tertiary alicyclic amines) is 1. The molecule has 0 spiro atoms. The number of benzene rings is 1. The van der Waals surface area contributed by atoms with E-state index in [0.29, 0.717) is 19.0 Å². The van der Waals surface area contributed by atoms with E-state index in [2.05, 4.69) is 5.32 Å². The Labute approximate surface area is 124 Å². The number of carbonyl (C=O) groups excluding carboxylic acids is 2. The van der Waals surface area contributed by atoms with Gasteiger partial charge in [-0.1, -0.05) is 18.2 Å². The SMILES string of the molecule is Cc1ccccc1OCC(=O)NC1CC(=O)N(C2CC2)C1. The Morgan fingerprint density at radius 2 is 2.14 bits per heavy atom. The number of carbonyl (C=O) groups is 2. The van der Waals surface area contributed by atoms with Crippen molar-refractivity contribution in [2.24, 2.45) is 0 Å². The van der Waals surface area contributed by atoms with Crippen LogP contribution in [0.2, 0.25) is 0 Å². The molecule has 1 N–H and O–H groups in total. The fourth-order valence-electron chi connectivity index (χ4n) is 2.70. The molecule has 0 bridgehead atoms. The minimum atomic E-state index is -0.172. The Hall–Kier alpha value is -2.04. The molecule has 2 fully saturated rings. The molecule has 1 heterocycles.